The number of carboxylic acids is 1. The number of aromatic nitrogens is 1. The Bertz CT molecular complexity index is 525. The molecule has 1 heterocycles. The molecule has 0 radical (unpaired) electrons. The average molecular weight is 295 g/mol. The van der Waals surface area contributed by atoms with Gasteiger partial charge in [0.1, 0.15) is 5.01 Å². The molecule has 7 heteroatoms. The number of aliphatic carboxylic acids is 1. The second-order valence-corrected chi connectivity index (χ2v) is 6.13. The summed E-state index contributed by atoms with van der Waals surface area (Å²) in [4.78, 5) is 27.0. The zero-order valence-corrected chi connectivity index (χ0v) is 12.1. The van der Waals surface area contributed by atoms with E-state index < -0.39 is 17.4 Å². The molecule has 0 saturated carbocycles. The van der Waals surface area contributed by atoms with Crippen LogP contribution in [0.3, 0.4) is 0 Å². The van der Waals surface area contributed by atoms with Crippen LogP contribution in [-0.2, 0) is 10.3 Å². The standard InChI is InChI=1S/C13H17N3O3S/c1-13(2,11-14-5-6-20-11)16-12(19)15-9-4-3-8(7-9)10(17)18/h3-6,8-9H,7H2,1-2H3,(H,17,18)(H2,15,16,19). The minimum absolute atomic E-state index is 0.247. The van der Waals surface area contributed by atoms with Crippen LogP contribution in [0, 0.1) is 5.92 Å². The van der Waals surface area contributed by atoms with Gasteiger partial charge >= 0.3 is 12.0 Å². The molecule has 0 bridgehead atoms. The Balaban J connectivity index is 1.88. The third-order valence-electron chi connectivity index (χ3n) is 3.11. The molecule has 6 nitrogen and oxygen atoms in total. The predicted molar refractivity (Wildman–Crippen MR) is 75.5 cm³/mol. The summed E-state index contributed by atoms with van der Waals surface area (Å²) in [7, 11) is 0. The lowest BCUT2D eigenvalue weighted by atomic mass is 10.1. The summed E-state index contributed by atoms with van der Waals surface area (Å²) in [6.07, 6.45) is 5.41. The van der Waals surface area contributed by atoms with Crippen LogP contribution >= 0.6 is 11.3 Å². The quantitative estimate of drug-likeness (QED) is 0.737. The van der Waals surface area contributed by atoms with Gasteiger partial charge in [-0.3, -0.25) is 4.79 Å². The summed E-state index contributed by atoms with van der Waals surface area (Å²) >= 11 is 1.47. The zero-order chi connectivity index (χ0) is 14.8. The first-order valence-electron chi connectivity index (χ1n) is 6.28. The maximum atomic E-state index is 12.0. The number of carbonyl (C=O) groups excluding carboxylic acids is 1. The lowest BCUT2D eigenvalue weighted by Crippen LogP contribution is -2.49. The topological polar surface area (TPSA) is 91.3 Å². The number of carboxylic acid groups (broad SMARTS) is 1. The molecule has 1 aromatic heterocycles. The van der Waals surface area contributed by atoms with Gasteiger partial charge in [0.05, 0.1) is 17.5 Å². The van der Waals surface area contributed by atoms with Crippen molar-refractivity contribution in [3.8, 4) is 0 Å². The Hall–Kier alpha value is -1.89. The second kappa shape index (κ2) is 5.62. The van der Waals surface area contributed by atoms with Crippen molar-refractivity contribution in [3.05, 3.63) is 28.7 Å². The van der Waals surface area contributed by atoms with Gasteiger partial charge in [0.25, 0.3) is 0 Å². The van der Waals surface area contributed by atoms with E-state index in [1.54, 1.807) is 18.3 Å². The van der Waals surface area contributed by atoms with E-state index in [4.69, 9.17) is 5.11 Å². The number of thiazole rings is 1. The van der Waals surface area contributed by atoms with Gasteiger partial charge in [-0.1, -0.05) is 12.2 Å². The lowest BCUT2D eigenvalue weighted by molar-refractivity contribution is -0.140. The zero-order valence-electron chi connectivity index (χ0n) is 11.3. The first kappa shape index (κ1) is 14.5. The van der Waals surface area contributed by atoms with Gasteiger partial charge < -0.3 is 15.7 Å². The van der Waals surface area contributed by atoms with Crippen molar-refractivity contribution in [1.29, 1.82) is 0 Å². The van der Waals surface area contributed by atoms with Crippen LogP contribution < -0.4 is 10.6 Å². The SMILES string of the molecule is CC(C)(NC(=O)NC1C=CC(C(=O)O)C1)c1nccs1. The maximum absolute atomic E-state index is 12.0. The normalized spacial score (nSPS) is 21.7. The Kier molecular flexibility index (Phi) is 4.08. The molecule has 3 N–H and O–H groups in total. The Morgan fingerprint density at radius 1 is 1.45 bits per heavy atom. The van der Waals surface area contributed by atoms with Gasteiger partial charge in [-0.05, 0) is 20.3 Å². The highest BCUT2D eigenvalue weighted by molar-refractivity contribution is 7.09. The number of rotatable bonds is 4. The summed E-state index contributed by atoms with van der Waals surface area (Å²) < 4.78 is 0. The third-order valence-corrected chi connectivity index (χ3v) is 4.21. The summed E-state index contributed by atoms with van der Waals surface area (Å²) in [6, 6.07) is -0.575. The van der Waals surface area contributed by atoms with E-state index in [1.165, 1.54) is 11.3 Å². The van der Waals surface area contributed by atoms with E-state index >= 15 is 0 Å². The molecule has 0 aliphatic heterocycles. The lowest BCUT2D eigenvalue weighted by Gasteiger charge is -2.25. The van der Waals surface area contributed by atoms with Crippen molar-refractivity contribution in [1.82, 2.24) is 15.6 Å². The molecule has 108 valence electrons. The third kappa shape index (κ3) is 3.36. The second-order valence-electron chi connectivity index (χ2n) is 5.23. The number of hydrogen-bond acceptors (Lipinski definition) is 4. The molecule has 2 unspecified atom stereocenters. The van der Waals surface area contributed by atoms with Crippen LogP contribution in [0.4, 0.5) is 4.79 Å². The molecule has 1 aliphatic rings. The molecule has 1 aliphatic carbocycles. The number of urea groups is 1. The highest BCUT2D eigenvalue weighted by atomic mass is 32.1. The molecule has 2 rings (SSSR count). The number of amides is 2. The van der Waals surface area contributed by atoms with Crippen LogP contribution in [0.5, 0.6) is 0 Å². The highest BCUT2D eigenvalue weighted by Gasteiger charge is 2.29. The summed E-state index contributed by atoms with van der Waals surface area (Å²) in [6.45, 7) is 3.74. The Morgan fingerprint density at radius 2 is 2.20 bits per heavy atom. The van der Waals surface area contributed by atoms with E-state index in [0.29, 0.717) is 6.42 Å². The summed E-state index contributed by atoms with van der Waals surface area (Å²) in [5, 5.41) is 17.2. The fraction of sp³-hybridized carbons (Fsp3) is 0.462. The van der Waals surface area contributed by atoms with E-state index in [9.17, 15) is 9.59 Å². The number of carbonyl (C=O) groups is 2. The molecule has 0 fully saturated rings. The first-order chi connectivity index (χ1) is 9.38. The van der Waals surface area contributed by atoms with Gasteiger partial charge in [-0.15, -0.1) is 11.3 Å². The van der Waals surface area contributed by atoms with Gasteiger partial charge in [0, 0.05) is 11.6 Å². The van der Waals surface area contributed by atoms with Crippen molar-refractivity contribution >= 4 is 23.3 Å². The van der Waals surface area contributed by atoms with Gasteiger partial charge in [0.2, 0.25) is 0 Å². The van der Waals surface area contributed by atoms with E-state index in [-0.39, 0.29) is 12.1 Å². The van der Waals surface area contributed by atoms with Gasteiger partial charge in [-0.2, -0.15) is 0 Å². The van der Waals surface area contributed by atoms with Crippen LogP contribution in [0.15, 0.2) is 23.7 Å². The highest BCUT2D eigenvalue weighted by Crippen LogP contribution is 2.22. The Labute approximate surface area is 120 Å². The van der Waals surface area contributed by atoms with Crippen molar-refractivity contribution in [2.24, 2.45) is 5.92 Å². The van der Waals surface area contributed by atoms with E-state index in [2.05, 4.69) is 15.6 Å². The van der Waals surface area contributed by atoms with Gasteiger partial charge in [-0.25, -0.2) is 9.78 Å². The fourth-order valence-electron chi connectivity index (χ4n) is 2.06. The van der Waals surface area contributed by atoms with Crippen LogP contribution in [0.2, 0.25) is 0 Å². The number of nitrogens with one attached hydrogen (secondary N) is 2. The largest absolute Gasteiger partial charge is 0.481 e. The fourth-order valence-corrected chi connectivity index (χ4v) is 2.78. The van der Waals surface area contributed by atoms with Gasteiger partial charge in [0.15, 0.2) is 0 Å². The molecule has 2 atom stereocenters. The summed E-state index contributed by atoms with van der Waals surface area (Å²) in [5.74, 6) is -1.39. The predicted octanol–water partition coefficient (Wildman–Crippen LogP) is 1.71. The van der Waals surface area contributed by atoms with Crippen molar-refractivity contribution in [2.75, 3.05) is 0 Å². The monoisotopic (exact) mass is 295 g/mol. The minimum Gasteiger partial charge on any atom is -0.481 e. The Morgan fingerprint density at radius 3 is 2.75 bits per heavy atom. The molecule has 20 heavy (non-hydrogen) atoms. The number of nitrogens with zero attached hydrogens (tertiary/aromatic N) is 1. The minimum atomic E-state index is -0.867. The van der Waals surface area contributed by atoms with Crippen LogP contribution in [-0.4, -0.2) is 28.1 Å². The first-order valence-corrected chi connectivity index (χ1v) is 7.16. The summed E-state index contributed by atoms with van der Waals surface area (Å²) in [5.41, 5.74) is -0.563. The van der Waals surface area contributed by atoms with E-state index in [1.807, 2.05) is 19.2 Å². The van der Waals surface area contributed by atoms with Crippen LogP contribution in [0.25, 0.3) is 0 Å². The maximum Gasteiger partial charge on any atom is 0.316 e. The van der Waals surface area contributed by atoms with Crippen molar-refractivity contribution in [3.63, 3.8) is 0 Å². The van der Waals surface area contributed by atoms with E-state index in [0.717, 1.165) is 5.01 Å². The molecule has 2 amide bonds. The smallest absolute Gasteiger partial charge is 0.316 e. The molecular formula is C13H17N3O3S. The number of hydrogen-bond donors (Lipinski definition) is 3. The molecule has 0 aromatic carbocycles. The molecule has 0 saturated heterocycles. The molecule has 0 spiro atoms. The van der Waals surface area contributed by atoms with Crippen molar-refractivity contribution < 1.29 is 14.7 Å². The average Bonchev–Trinajstić information content (AvgIpc) is 2.97. The molecule has 1 aromatic rings. The molecular weight excluding hydrogens is 278 g/mol. The van der Waals surface area contributed by atoms with Crippen LogP contribution in [0.1, 0.15) is 25.3 Å². The van der Waals surface area contributed by atoms with Crippen molar-refractivity contribution in [2.45, 2.75) is 31.8 Å².